The minimum Gasteiger partial charge on any atom is -0.372 e. The van der Waals surface area contributed by atoms with Crippen molar-refractivity contribution in [1.29, 1.82) is 0 Å². The van der Waals surface area contributed by atoms with Crippen LogP contribution in [0.15, 0.2) is 12.8 Å². The molecule has 1 aliphatic heterocycles. The largest absolute Gasteiger partial charge is 0.372 e. The van der Waals surface area contributed by atoms with Gasteiger partial charge in [-0.05, 0) is 57.7 Å². The van der Waals surface area contributed by atoms with Gasteiger partial charge >= 0.3 is 0 Å². The van der Waals surface area contributed by atoms with Crippen molar-refractivity contribution in [3.63, 3.8) is 0 Å². The number of nitrogens with zero attached hydrogens (tertiary/aromatic N) is 1. The molecule has 0 aromatic carbocycles. The van der Waals surface area contributed by atoms with Crippen LogP contribution in [0.5, 0.6) is 0 Å². The highest BCUT2D eigenvalue weighted by molar-refractivity contribution is 4.94. The van der Waals surface area contributed by atoms with Crippen molar-refractivity contribution in [2.75, 3.05) is 7.05 Å². The van der Waals surface area contributed by atoms with Gasteiger partial charge in [-0.25, -0.2) is 0 Å². The molecule has 0 bridgehead atoms. The van der Waals surface area contributed by atoms with E-state index in [1.54, 1.807) is 0 Å². The maximum absolute atomic E-state index is 4.02. The van der Waals surface area contributed by atoms with E-state index in [-0.39, 0.29) is 0 Å². The molecule has 2 nitrogen and oxygen atoms in total. The van der Waals surface area contributed by atoms with Crippen LogP contribution in [0.2, 0.25) is 0 Å². The first kappa shape index (κ1) is 28.3. The Balaban J connectivity index is -0.000000659. The summed E-state index contributed by atoms with van der Waals surface area (Å²) in [5, 5.41) is 3.34. The van der Waals surface area contributed by atoms with Crippen LogP contribution in [0.3, 0.4) is 0 Å². The van der Waals surface area contributed by atoms with E-state index in [4.69, 9.17) is 0 Å². The van der Waals surface area contributed by atoms with Crippen molar-refractivity contribution >= 4 is 0 Å². The molecule has 4 unspecified atom stereocenters. The zero-order chi connectivity index (χ0) is 19.7. The summed E-state index contributed by atoms with van der Waals surface area (Å²) in [5.74, 6) is 1.52. The lowest BCUT2D eigenvalue weighted by Gasteiger charge is -2.32. The third-order valence-corrected chi connectivity index (χ3v) is 4.50. The molecule has 4 atom stereocenters. The first-order chi connectivity index (χ1) is 11.5. The van der Waals surface area contributed by atoms with E-state index in [0.29, 0.717) is 18.1 Å². The lowest BCUT2D eigenvalue weighted by molar-refractivity contribution is 0.203. The van der Waals surface area contributed by atoms with Crippen molar-refractivity contribution in [3.8, 4) is 0 Å². The van der Waals surface area contributed by atoms with Crippen LogP contribution in [0, 0.1) is 11.8 Å². The van der Waals surface area contributed by atoms with Gasteiger partial charge in [0.2, 0.25) is 0 Å². The van der Waals surface area contributed by atoms with Crippen molar-refractivity contribution in [3.05, 3.63) is 12.8 Å². The van der Waals surface area contributed by atoms with E-state index in [1.807, 2.05) is 41.5 Å². The predicted molar refractivity (Wildman–Crippen MR) is 115 cm³/mol. The van der Waals surface area contributed by atoms with E-state index < -0.39 is 0 Å². The van der Waals surface area contributed by atoms with E-state index >= 15 is 0 Å². The summed E-state index contributed by atoms with van der Waals surface area (Å²) in [6.45, 7) is 25.3. The Morgan fingerprint density at radius 2 is 1.50 bits per heavy atom. The van der Waals surface area contributed by atoms with Gasteiger partial charge in [0, 0.05) is 18.1 Å². The minimum atomic E-state index is 0.625. The molecule has 2 heteroatoms. The average Bonchev–Trinajstić information content (AvgIpc) is 3.02. The van der Waals surface area contributed by atoms with Crippen LogP contribution in [0.4, 0.5) is 0 Å². The van der Waals surface area contributed by atoms with E-state index in [2.05, 4.69) is 57.7 Å². The van der Waals surface area contributed by atoms with Gasteiger partial charge in [-0.1, -0.05) is 68.9 Å². The number of hydrogen-bond donors (Lipinski definition) is 1. The second-order valence-corrected chi connectivity index (χ2v) is 6.44. The molecule has 0 radical (unpaired) electrons. The summed E-state index contributed by atoms with van der Waals surface area (Å²) in [5.41, 5.74) is 0. The van der Waals surface area contributed by atoms with Crippen LogP contribution < -0.4 is 5.32 Å². The Kier molecular flexibility index (Phi) is 22.2. The van der Waals surface area contributed by atoms with Gasteiger partial charge in [0.15, 0.2) is 0 Å². The van der Waals surface area contributed by atoms with Gasteiger partial charge in [-0.2, -0.15) is 0 Å². The zero-order valence-corrected chi connectivity index (χ0v) is 18.9. The molecule has 0 aliphatic carbocycles. The maximum Gasteiger partial charge on any atom is 0.0310 e. The van der Waals surface area contributed by atoms with Gasteiger partial charge in [-0.3, -0.25) is 0 Å². The first-order valence-corrected chi connectivity index (χ1v) is 10.6. The van der Waals surface area contributed by atoms with Gasteiger partial charge in [0.25, 0.3) is 0 Å². The molecule has 1 fully saturated rings. The SMILES string of the molecule is C=CN1C(CC(C)CC(C)NC)CCC1C(C)C.CC.CC.CC. The Morgan fingerprint density at radius 3 is 1.88 bits per heavy atom. The lowest BCUT2D eigenvalue weighted by Crippen LogP contribution is -2.35. The number of nitrogens with one attached hydrogen (secondary N) is 1. The Bertz CT molecular complexity index is 250. The third kappa shape index (κ3) is 11.1. The van der Waals surface area contributed by atoms with Crippen molar-refractivity contribution in [2.24, 2.45) is 11.8 Å². The normalized spacial score (nSPS) is 21.4. The van der Waals surface area contributed by atoms with Crippen molar-refractivity contribution < 1.29 is 0 Å². The van der Waals surface area contributed by atoms with E-state index in [0.717, 1.165) is 11.8 Å². The average molecular weight is 343 g/mol. The molecule has 0 aromatic rings. The molecular formula is C22H50N2. The fourth-order valence-corrected chi connectivity index (χ4v) is 3.42. The molecule has 0 amide bonds. The first-order valence-electron chi connectivity index (χ1n) is 10.6. The summed E-state index contributed by atoms with van der Waals surface area (Å²) >= 11 is 0. The molecule has 1 rings (SSSR count). The highest BCUT2D eigenvalue weighted by atomic mass is 15.2. The predicted octanol–water partition coefficient (Wildman–Crippen LogP) is 6.72. The molecule has 1 aliphatic rings. The topological polar surface area (TPSA) is 15.3 Å². The Labute approximate surface area is 155 Å². The zero-order valence-electron chi connectivity index (χ0n) is 18.9. The van der Waals surface area contributed by atoms with Crippen LogP contribution in [0.1, 0.15) is 94.9 Å². The molecule has 0 saturated carbocycles. The fourth-order valence-electron chi connectivity index (χ4n) is 3.42. The third-order valence-electron chi connectivity index (χ3n) is 4.50. The number of rotatable bonds is 7. The number of likely N-dealkylation sites (tertiary alicyclic amines) is 1. The van der Waals surface area contributed by atoms with E-state index in [1.165, 1.54) is 25.7 Å². The summed E-state index contributed by atoms with van der Waals surface area (Å²) in [6.07, 6.45) is 7.33. The van der Waals surface area contributed by atoms with E-state index in [9.17, 15) is 0 Å². The molecule has 0 aromatic heterocycles. The fraction of sp³-hybridized carbons (Fsp3) is 0.909. The molecule has 148 valence electrons. The highest BCUT2D eigenvalue weighted by Gasteiger charge is 2.33. The van der Waals surface area contributed by atoms with Crippen LogP contribution in [-0.4, -0.2) is 30.1 Å². The van der Waals surface area contributed by atoms with Gasteiger partial charge in [0.1, 0.15) is 0 Å². The summed E-state index contributed by atoms with van der Waals surface area (Å²) < 4.78 is 0. The molecule has 1 N–H and O–H groups in total. The summed E-state index contributed by atoms with van der Waals surface area (Å²) in [6, 6.07) is 2.05. The minimum absolute atomic E-state index is 0.625. The lowest BCUT2D eigenvalue weighted by atomic mass is 9.94. The summed E-state index contributed by atoms with van der Waals surface area (Å²) in [7, 11) is 2.05. The highest BCUT2D eigenvalue weighted by Crippen LogP contribution is 2.33. The smallest absolute Gasteiger partial charge is 0.0310 e. The molecule has 1 saturated heterocycles. The van der Waals surface area contributed by atoms with Crippen LogP contribution >= 0.6 is 0 Å². The van der Waals surface area contributed by atoms with Crippen molar-refractivity contribution in [1.82, 2.24) is 10.2 Å². The van der Waals surface area contributed by atoms with Crippen LogP contribution in [-0.2, 0) is 0 Å². The Morgan fingerprint density at radius 1 is 1.00 bits per heavy atom. The maximum atomic E-state index is 4.02. The van der Waals surface area contributed by atoms with Crippen LogP contribution in [0.25, 0.3) is 0 Å². The van der Waals surface area contributed by atoms with Crippen molar-refractivity contribution in [2.45, 2.75) is 113 Å². The summed E-state index contributed by atoms with van der Waals surface area (Å²) in [4.78, 5) is 2.53. The second kappa shape index (κ2) is 18.8. The van der Waals surface area contributed by atoms with Gasteiger partial charge in [-0.15, -0.1) is 0 Å². The van der Waals surface area contributed by atoms with Gasteiger partial charge < -0.3 is 10.2 Å². The number of hydrogen-bond acceptors (Lipinski definition) is 2. The quantitative estimate of drug-likeness (QED) is 0.552. The monoisotopic (exact) mass is 342 g/mol. The van der Waals surface area contributed by atoms with Gasteiger partial charge in [0.05, 0.1) is 0 Å². The molecule has 24 heavy (non-hydrogen) atoms. The molecule has 0 spiro atoms. The standard InChI is InChI=1S/C16H32N2.3C2H6/c1-7-18-15(8-9-16(18)12(2)3)11-13(4)10-14(5)17-6;3*1-2/h7,12-17H,1,8-11H2,2-6H3;3*1-2H3. The molecular weight excluding hydrogens is 292 g/mol. The molecule has 1 heterocycles. The Hall–Kier alpha value is -0.500. The second-order valence-electron chi connectivity index (χ2n) is 6.44.